The van der Waals surface area contributed by atoms with Crippen molar-refractivity contribution in [3.8, 4) is 0 Å². The lowest BCUT2D eigenvalue weighted by molar-refractivity contribution is -0.119. The summed E-state index contributed by atoms with van der Waals surface area (Å²) in [5, 5.41) is 6.98. The fraction of sp³-hybridized carbons (Fsp3) is 0.111. The minimum atomic E-state index is -0.188. The number of halogens is 1. The van der Waals surface area contributed by atoms with Gasteiger partial charge in [-0.3, -0.25) is 4.79 Å². The van der Waals surface area contributed by atoms with Crippen LogP contribution in [0.3, 0.4) is 0 Å². The molecule has 0 aromatic heterocycles. The van der Waals surface area contributed by atoms with Crippen molar-refractivity contribution in [2.24, 2.45) is 5.10 Å². The van der Waals surface area contributed by atoms with Crippen LogP contribution >= 0.6 is 22.6 Å². The van der Waals surface area contributed by atoms with Gasteiger partial charge in [0.05, 0.1) is 6.54 Å². The van der Waals surface area contributed by atoms with Gasteiger partial charge in [-0.25, -0.2) is 5.43 Å². The lowest BCUT2D eigenvalue weighted by atomic mass is 10.2. The van der Waals surface area contributed by atoms with Crippen LogP contribution in [0.4, 0.5) is 5.69 Å². The number of nitrogens with zero attached hydrogens (tertiary/aromatic N) is 1. The maximum atomic E-state index is 11.7. The fourth-order valence-corrected chi connectivity index (χ4v) is 2.56. The van der Waals surface area contributed by atoms with E-state index in [-0.39, 0.29) is 12.5 Å². The maximum absolute atomic E-state index is 11.7. The highest BCUT2D eigenvalue weighted by molar-refractivity contribution is 14.1. The Balaban J connectivity index is 1.74. The summed E-state index contributed by atoms with van der Waals surface area (Å²) in [5.74, 6) is -0.188. The molecular formula is C18H18IN3O. The average molecular weight is 419 g/mol. The molecule has 0 bridgehead atoms. The SMILES string of the molecule is Cc1cc(I)ccc1NCC(=O)N/N=C\C=C\c1ccccc1. The summed E-state index contributed by atoms with van der Waals surface area (Å²) in [6.45, 7) is 2.19. The summed E-state index contributed by atoms with van der Waals surface area (Å²) < 4.78 is 1.17. The molecule has 0 radical (unpaired) electrons. The molecular weight excluding hydrogens is 401 g/mol. The van der Waals surface area contributed by atoms with E-state index in [1.165, 1.54) is 3.57 Å². The molecule has 23 heavy (non-hydrogen) atoms. The Hall–Kier alpha value is -2.15. The lowest BCUT2D eigenvalue weighted by Crippen LogP contribution is -2.25. The van der Waals surface area contributed by atoms with Crippen molar-refractivity contribution in [3.05, 3.63) is 69.3 Å². The normalized spacial score (nSPS) is 11.0. The maximum Gasteiger partial charge on any atom is 0.259 e. The lowest BCUT2D eigenvalue weighted by Gasteiger charge is -2.08. The van der Waals surface area contributed by atoms with E-state index in [0.29, 0.717) is 0 Å². The number of benzene rings is 2. The smallest absolute Gasteiger partial charge is 0.259 e. The van der Waals surface area contributed by atoms with Crippen LogP contribution in [0, 0.1) is 10.5 Å². The predicted octanol–water partition coefficient (Wildman–Crippen LogP) is 3.83. The molecule has 0 aliphatic rings. The third kappa shape index (κ3) is 6.23. The van der Waals surface area contributed by atoms with Crippen molar-refractivity contribution in [1.29, 1.82) is 0 Å². The monoisotopic (exact) mass is 419 g/mol. The topological polar surface area (TPSA) is 53.5 Å². The van der Waals surface area contributed by atoms with E-state index in [1.54, 1.807) is 12.3 Å². The molecule has 5 heteroatoms. The van der Waals surface area contributed by atoms with Gasteiger partial charge in [0.15, 0.2) is 0 Å². The van der Waals surface area contributed by atoms with Crippen LogP contribution in [-0.2, 0) is 4.79 Å². The Morgan fingerprint density at radius 3 is 2.74 bits per heavy atom. The number of anilines is 1. The molecule has 0 atom stereocenters. The summed E-state index contributed by atoms with van der Waals surface area (Å²) in [5.41, 5.74) is 5.63. The summed E-state index contributed by atoms with van der Waals surface area (Å²) in [6, 6.07) is 15.9. The highest BCUT2D eigenvalue weighted by Crippen LogP contribution is 2.17. The molecule has 2 rings (SSSR count). The molecule has 0 spiro atoms. The molecule has 0 aliphatic carbocycles. The third-order valence-corrected chi connectivity index (χ3v) is 3.74. The molecule has 4 nitrogen and oxygen atoms in total. The third-order valence-electron chi connectivity index (χ3n) is 3.07. The predicted molar refractivity (Wildman–Crippen MR) is 104 cm³/mol. The zero-order valence-corrected chi connectivity index (χ0v) is 14.9. The highest BCUT2D eigenvalue weighted by Gasteiger charge is 2.02. The van der Waals surface area contributed by atoms with Gasteiger partial charge in [-0.05, 0) is 64.9 Å². The van der Waals surface area contributed by atoms with Crippen molar-refractivity contribution >= 4 is 46.5 Å². The molecule has 0 unspecified atom stereocenters. The van der Waals surface area contributed by atoms with E-state index >= 15 is 0 Å². The van der Waals surface area contributed by atoms with E-state index in [1.807, 2.05) is 55.5 Å². The zero-order valence-electron chi connectivity index (χ0n) is 12.8. The zero-order chi connectivity index (χ0) is 16.5. The summed E-state index contributed by atoms with van der Waals surface area (Å²) in [7, 11) is 0. The van der Waals surface area contributed by atoms with Gasteiger partial charge < -0.3 is 5.32 Å². The molecule has 0 aliphatic heterocycles. The Labute approximate surface area is 149 Å². The Kier molecular flexibility index (Phi) is 6.80. The first kappa shape index (κ1) is 17.2. The molecule has 2 aromatic carbocycles. The van der Waals surface area contributed by atoms with Crippen LogP contribution < -0.4 is 10.7 Å². The second kappa shape index (κ2) is 9.09. The van der Waals surface area contributed by atoms with Crippen LogP contribution in [0.1, 0.15) is 11.1 Å². The first-order valence-electron chi connectivity index (χ1n) is 7.19. The summed E-state index contributed by atoms with van der Waals surface area (Å²) >= 11 is 2.26. The second-order valence-electron chi connectivity index (χ2n) is 4.90. The van der Waals surface area contributed by atoms with E-state index < -0.39 is 0 Å². The van der Waals surface area contributed by atoms with Crippen molar-refractivity contribution in [2.45, 2.75) is 6.92 Å². The van der Waals surface area contributed by atoms with Gasteiger partial charge in [0.1, 0.15) is 0 Å². The van der Waals surface area contributed by atoms with Crippen LogP contribution in [0.25, 0.3) is 6.08 Å². The largest absolute Gasteiger partial charge is 0.376 e. The quantitative estimate of drug-likeness (QED) is 0.425. The van der Waals surface area contributed by atoms with E-state index in [9.17, 15) is 4.79 Å². The van der Waals surface area contributed by atoms with Gasteiger partial charge in [0.25, 0.3) is 5.91 Å². The van der Waals surface area contributed by atoms with Crippen LogP contribution in [0.5, 0.6) is 0 Å². The van der Waals surface area contributed by atoms with Gasteiger partial charge in [-0.1, -0.05) is 36.4 Å². The fourth-order valence-electron chi connectivity index (χ4n) is 1.91. The minimum Gasteiger partial charge on any atom is -0.376 e. The number of rotatable bonds is 6. The van der Waals surface area contributed by atoms with Gasteiger partial charge in [-0.2, -0.15) is 5.10 Å². The molecule has 2 aromatic rings. The molecule has 0 saturated carbocycles. The van der Waals surface area contributed by atoms with E-state index in [0.717, 1.165) is 16.8 Å². The van der Waals surface area contributed by atoms with Crippen LogP contribution in [0.15, 0.2) is 59.7 Å². The molecule has 118 valence electrons. The second-order valence-corrected chi connectivity index (χ2v) is 6.14. The number of nitrogens with one attached hydrogen (secondary N) is 2. The number of aryl methyl sites for hydroxylation is 1. The van der Waals surface area contributed by atoms with Gasteiger partial charge in [0, 0.05) is 15.5 Å². The molecule has 2 N–H and O–H groups in total. The van der Waals surface area contributed by atoms with Gasteiger partial charge in [-0.15, -0.1) is 0 Å². The minimum absolute atomic E-state index is 0.182. The van der Waals surface area contributed by atoms with Crippen molar-refractivity contribution in [3.63, 3.8) is 0 Å². The van der Waals surface area contributed by atoms with Crippen molar-refractivity contribution in [1.82, 2.24) is 5.43 Å². The standard InChI is InChI=1S/C18H18IN3O/c1-14-12-16(19)9-10-17(14)20-13-18(23)22-21-11-5-8-15-6-3-2-4-7-15/h2-12,20H,13H2,1H3,(H,22,23)/b8-5+,21-11-. The molecule has 0 saturated heterocycles. The Morgan fingerprint density at radius 2 is 2.00 bits per heavy atom. The average Bonchev–Trinajstić information content (AvgIpc) is 2.54. The van der Waals surface area contributed by atoms with Crippen molar-refractivity contribution < 1.29 is 4.79 Å². The van der Waals surface area contributed by atoms with Gasteiger partial charge >= 0.3 is 0 Å². The Bertz CT molecular complexity index is 711. The Morgan fingerprint density at radius 1 is 1.22 bits per heavy atom. The van der Waals surface area contributed by atoms with Crippen molar-refractivity contribution in [2.75, 3.05) is 11.9 Å². The van der Waals surface area contributed by atoms with Gasteiger partial charge in [0.2, 0.25) is 0 Å². The van der Waals surface area contributed by atoms with Crippen LogP contribution in [0.2, 0.25) is 0 Å². The number of carbonyl (C=O) groups is 1. The number of allylic oxidation sites excluding steroid dienone is 1. The summed E-state index contributed by atoms with van der Waals surface area (Å²) in [4.78, 5) is 11.7. The van der Waals surface area contributed by atoms with E-state index in [4.69, 9.17) is 0 Å². The molecule has 1 amide bonds. The highest BCUT2D eigenvalue weighted by atomic mass is 127. The van der Waals surface area contributed by atoms with E-state index in [2.05, 4.69) is 44.5 Å². The number of hydrazone groups is 1. The summed E-state index contributed by atoms with van der Waals surface area (Å²) in [6.07, 6.45) is 5.26. The number of hydrogen-bond acceptors (Lipinski definition) is 3. The molecule has 0 heterocycles. The molecule has 0 fully saturated rings. The number of hydrogen-bond donors (Lipinski definition) is 2. The first-order valence-corrected chi connectivity index (χ1v) is 8.26. The number of amides is 1. The number of carbonyl (C=O) groups excluding carboxylic acids is 1. The van der Waals surface area contributed by atoms with Crippen LogP contribution in [-0.4, -0.2) is 18.7 Å². The first-order chi connectivity index (χ1) is 11.1.